The van der Waals surface area contributed by atoms with E-state index in [1.54, 1.807) is 30.5 Å². The molecule has 0 unspecified atom stereocenters. The average molecular weight is 434 g/mol. The summed E-state index contributed by atoms with van der Waals surface area (Å²) < 4.78 is 11.7. The Morgan fingerprint density at radius 3 is 2.89 bits per heavy atom. The topological polar surface area (TPSA) is 51.8 Å². The number of carbonyl (C=O) groups is 1. The minimum Gasteiger partial charge on any atom is -0.465 e. The summed E-state index contributed by atoms with van der Waals surface area (Å²) in [6.45, 7) is 0. The summed E-state index contributed by atoms with van der Waals surface area (Å²) in [5.41, 5.74) is 1.12. The third kappa shape index (κ3) is 3.66. The molecule has 0 bridgehead atoms. The number of halogens is 2. The third-order valence-electron chi connectivity index (χ3n) is 2.27. The van der Waals surface area contributed by atoms with Crippen LogP contribution in [0, 0.1) is 3.77 Å². The summed E-state index contributed by atoms with van der Waals surface area (Å²) in [7, 11) is 1.35. The van der Waals surface area contributed by atoms with Gasteiger partial charge in [-0.2, -0.15) is 0 Å². The number of hydrogen-bond donors (Lipinski definition) is 0. The molecule has 0 spiro atoms. The number of benzene rings is 1. The van der Waals surface area contributed by atoms with Gasteiger partial charge in [-0.05, 0) is 34.1 Å². The van der Waals surface area contributed by atoms with Gasteiger partial charge in [-0.15, -0.1) is 0 Å². The number of esters is 1. The molecule has 2 rings (SSSR count). The summed E-state index contributed by atoms with van der Waals surface area (Å²) in [6, 6.07) is 8.71. The van der Waals surface area contributed by atoms with Crippen LogP contribution in [0.3, 0.4) is 0 Å². The van der Waals surface area contributed by atoms with Crippen molar-refractivity contribution in [3.8, 4) is 0 Å². The Kier molecular flexibility index (Phi) is 4.76. The summed E-state index contributed by atoms with van der Waals surface area (Å²) in [6.07, 6.45) is 1.60. The number of furan rings is 1. The number of methoxy groups -OCH3 is 1. The molecule has 0 N–H and O–H groups in total. The molecule has 19 heavy (non-hydrogen) atoms. The molecule has 0 amide bonds. The zero-order valence-electron chi connectivity index (χ0n) is 9.89. The fourth-order valence-corrected chi connectivity index (χ4v) is 2.11. The fraction of sp³-hybridized carbons (Fsp3) is 0.0769. The van der Waals surface area contributed by atoms with Crippen molar-refractivity contribution in [2.24, 2.45) is 4.99 Å². The molecule has 1 aromatic heterocycles. The Morgan fingerprint density at radius 1 is 1.47 bits per heavy atom. The normalized spacial score (nSPS) is 10.9. The molecule has 0 aliphatic rings. The molecule has 6 heteroatoms. The van der Waals surface area contributed by atoms with Gasteiger partial charge in [0.05, 0.1) is 29.0 Å². The molecule has 0 atom stereocenters. The van der Waals surface area contributed by atoms with E-state index in [2.05, 4.69) is 48.3 Å². The molecule has 0 fully saturated rings. The van der Waals surface area contributed by atoms with E-state index >= 15 is 0 Å². The van der Waals surface area contributed by atoms with Crippen LogP contribution in [0.2, 0.25) is 0 Å². The van der Waals surface area contributed by atoms with E-state index in [0.717, 1.165) is 8.24 Å². The van der Waals surface area contributed by atoms with Crippen LogP contribution in [0.5, 0.6) is 0 Å². The minimum atomic E-state index is -0.382. The van der Waals surface area contributed by atoms with Crippen molar-refractivity contribution in [3.05, 3.63) is 49.9 Å². The van der Waals surface area contributed by atoms with Crippen molar-refractivity contribution in [2.45, 2.75) is 0 Å². The van der Waals surface area contributed by atoms with Crippen molar-refractivity contribution in [3.63, 3.8) is 0 Å². The second kappa shape index (κ2) is 6.33. The molecule has 0 radical (unpaired) electrons. The number of hydrogen-bond acceptors (Lipinski definition) is 4. The highest BCUT2D eigenvalue weighted by Crippen LogP contribution is 2.23. The van der Waals surface area contributed by atoms with E-state index in [9.17, 15) is 4.79 Å². The molecule has 98 valence electrons. The van der Waals surface area contributed by atoms with Crippen LogP contribution >= 0.6 is 38.5 Å². The number of carbonyl (C=O) groups excluding carboxylic acids is 1. The van der Waals surface area contributed by atoms with Gasteiger partial charge >= 0.3 is 5.97 Å². The Bertz CT molecular complexity index is 617. The highest BCUT2D eigenvalue weighted by Gasteiger charge is 2.06. The first-order chi connectivity index (χ1) is 9.10. The van der Waals surface area contributed by atoms with E-state index in [0.29, 0.717) is 17.0 Å². The van der Waals surface area contributed by atoms with Crippen LogP contribution in [0.25, 0.3) is 0 Å². The third-order valence-corrected chi connectivity index (χ3v) is 4.40. The Hall–Kier alpha value is -1.15. The van der Waals surface area contributed by atoms with Crippen LogP contribution in [-0.4, -0.2) is 19.3 Å². The van der Waals surface area contributed by atoms with Crippen LogP contribution in [-0.2, 0) is 4.74 Å². The van der Waals surface area contributed by atoms with Crippen LogP contribution in [0.4, 0.5) is 5.69 Å². The highest BCUT2D eigenvalue weighted by atomic mass is 127. The van der Waals surface area contributed by atoms with Crippen molar-refractivity contribution >= 4 is 56.4 Å². The first-order valence-electron chi connectivity index (χ1n) is 5.27. The molecule has 1 heterocycles. The lowest BCUT2D eigenvalue weighted by Gasteiger charge is -1.99. The van der Waals surface area contributed by atoms with Crippen molar-refractivity contribution in [1.29, 1.82) is 0 Å². The fourth-order valence-electron chi connectivity index (χ4n) is 1.40. The summed E-state index contributed by atoms with van der Waals surface area (Å²) >= 11 is 5.44. The zero-order chi connectivity index (χ0) is 13.8. The largest absolute Gasteiger partial charge is 0.465 e. The maximum absolute atomic E-state index is 11.4. The first kappa shape index (κ1) is 14.3. The minimum absolute atomic E-state index is 0.382. The molecule has 1 aromatic carbocycles. The monoisotopic (exact) mass is 433 g/mol. The molecular weight excluding hydrogens is 425 g/mol. The summed E-state index contributed by atoms with van der Waals surface area (Å²) in [4.78, 5) is 15.6. The van der Waals surface area contributed by atoms with Gasteiger partial charge in [-0.3, -0.25) is 4.99 Å². The van der Waals surface area contributed by atoms with E-state index in [1.807, 2.05) is 6.07 Å². The van der Waals surface area contributed by atoms with Gasteiger partial charge in [-0.25, -0.2) is 4.79 Å². The molecular formula is C13H9BrINO3. The number of rotatable bonds is 3. The SMILES string of the molecule is COC(=O)c1cccc(N=Cc2cc(Br)c(I)o2)c1. The van der Waals surface area contributed by atoms with Crippen LogP contribution in [0.1, 0.15) is 16.1 Å². The summed E-state index contributed by atoms with van der Waals surface area (Å²) in [5, 5.41) is 0. The lowest BCUT2D eigenvalue weighted by atomic mass is 10.2. The predicted octanol–water partition coefficient (Wildman–Crippen LogP) is 4.18. The smallest absolute Gasteiger partial charge is 0.337 e. The average Bonchev–Trinajstić information content (AvgIpc) is 2.75. The van der Waals surface area contributed by atoms with Gasteiger partial charge in [0, 0.05) is 28.7 Å². The lowest BCUT2D eigenvalue weighted by molar-refractivity contribution is 0.0601. The maximum Gasteiger partial charge on any atom is 0.337 e. The van der Waals surface area contributed by atoms with Gasteiger partial charge in [0.2, 0.25) is 0 Å². The van der Waals surface area contributed by atoms with Crippen molar-refractivity contribution in [1.82, 2.24) is 0 Å². The van der Waals surface area contributed by atoms with E-state index in [4.69, 9.17) is 4.42 Å². The van der Waals surface area contributed by atoms with Crippen molar-refractivity contribution in [2.75, 3.05) is 7.11 Å². The molecule has 0 saturated carbocycles. The number of nitrogens with zero attached hydrogens (tertiary/aromatic N) is 1. The first-order valence-corrected chi connectivity index (χ1v) is 7.14. The summed E-state index contributed by atoms with van der Waals surface area (Å²) in [5.74, 6) is 0.257. The van der Waals surface area contributed by atoms with Gasteiger partial charge in [0.15, 0.2) is 3.77 Å². The highest BCUT2D eigenvalue weighted by molar-refractivity contribution is 14.1. The van der Waals surface area contributed by atoms with E-state index < -0.39 is 0 Å². The molecule has 0 aliphatic carbocycles. The second-order valence-electron chi connectivity index (χ2n) is 3.57. The predicted molar refractivity (Wildman–Crippen MR) is 84.2 cm³/mol. The molecule has 2 aromatic rings. The van der Waals surface area contributed by atoms with Gasteiger partial charge < -0.3 is 9.15 Å². The second-order valence-corrected chi connectivity index (χ2v) is 5.40. The molecule has 0 saturated heterocycles. The van der Waals surface area contributed by atoms with Crippen LogP contribution in [0.15, 0.2) is 44.2 Å². The zero-order valence-corrected chi connectivity index (χ0v) is 13.6. The Morgan fingerprint density at radius 2 is 2.26 bits per heavy atom. The van der Waals surface area contributed by atoms with Gasteiger partial charge in [0.1, 0.15) is 5.76 Å². The van der Waals surface area contributed by atoms with Gasteiger partial charge in [-0.1, -0.05) is 6.07 Å². The molecule has 0 aliphatic heterocycles. The van der Waals surface area contributed by atoms with Crippen LogP contribution < -0.4 is 0 Å². The number of ether oxygens (including phenoxy) is 1. The standard InChI is InChI=1S/C13H9BrINO3/c1-18-13(17)8-3-2-4-9(5-8)16-7-10-6-11(14)12(15)19-10/h2-7H,1H3. The van der Waals surface area contributed by atoms with E-state index in [1.165, 1.54) is 7.11 Å². The lowest BCUT2D eigenvalue weighted by Crippen LogP contribution is -1.99. The van der Waals surface area contributed by atoms with Crippen molar-refractivity contribution < 1.29 is 13.9 Å². The maximum atomic E-state index is 11.4. The Labute approximate surface area is 132 Å². The van der Waals surface area contributed by atoms with E-state index in [-0.39, 0.29) is 5.97 Å². The quantitative estimate of drug-likeness (QED) is 0.414. The Balaban J connectivity index is 2.21. The number of aliphatic imine (C=N–C) groups is 1. The molecule has 4 nitrogen and oxygen atoms in total. The van der Waals surface area contributed by atoms with Gasteiger partial charge in [0.25, 0.3) is 0 Å².